The predicted octanol–water partition coefficient (Wildman–Crippen LogP) is 3.32. The van der Waals surface area contributed by atoms with Gasteiger partial charge < -0.3 is 5.32 Å². The molecule has 0 spiro atoms. The Kier molecular flexibility index (Phi) is 6.93. The molecule has 1 fully saturated rings. The Balaban J connectivity index is 1.95. The number of carbonyl (C=O) groups is 1. The molecule has 1 aliphatic heterocycles. The van der Waals surface area contributed by atoms with Crippen molar-refractivity contribution in [2.24, 2.45) is 0 Å². The van der Waals surface area contributed by atoms with Crippen LogP contribution in [0.4, 0.5) is 5.69 Å². The Bertz CT molecular complexity index is 457. The molecule has 2 rings (SSSR count). The number of carbonyl (C=O) groups excluding carboxylic acids is 1. The van der Waals surface area contributed by atoms with Crippen molar-refractivity contribution in [1.82, 2.24) is 4.90 Å². The van der Waals surface area contributed by atoms with Gasteiger partial charge in [-0.2, -0.15) is 11.8 Å². The molecule has 1 aliphatic rings. The van der Waals surface area contributed by atoms with Crippen LogP contribution in [0, 0.1) is 0 Å². The molecular weight excluding hydrogens is 300 g/mol. The molecule has 5 heteroatoms. The highest BCUT2D eigenvalue weighted by Gasteiger charge is 2.22. The van der Waals surface area contributed by atoms with E-state index in [-0.39, 0.29) is 11.2 Å². The molecule has 1 amide bonds. The molecule has 3 nitrogen and oxygen atoms in total. The molecule has 0 aliphatic carbocycles. The van der Waals surface area contributed by atoms with Crippen molar-refractivity contribution in [2.75, 3.05) is 35.7 Å². The summed E-state index contributed by atoms with van der Waals surface area (Å²) >= 11 is 3.64. The summed E-state index contributed by atoms with van der Waals surface area (Å²) in [5, 5.41) is 3.16. The van der Waals surface area contributed by atoms with Crippen LogP contribution in [0.25, 0.3) is 0 Å². The van der Waals surface area contributed by atoms with Gasteiger partial charge in [0.1, 0.15) is 0 Å². The molecule has 21 heavy (non-hydrogen) atoms. The van der Waals surface area contributed by atoms with Gasteiger partial charge in [-0.25, -0.2) is 0 Å². The molecule has 0 saturated carbocycles. The summed E-state index contributed by atoms with van der Waals surface area (Å²) in [6, 6.07) is 8.22. The third kappa shape index (κ3) is 5.24. The van der Waals surface area contributed by atoms with Crippen molar-refractivity contribution in [3.05, 3.63) is 29.8 Å². The first kappa shape index (κ1) is 16.7. The molecule has 1 aromatic rings. The lowest BCUT2D eigenvalue weighted by molar-refractivity contribution is -0.115. The van der Waals surface area contributed by atoms with Crippen LogP contribution in [-0.4, -0.2) is 46.4 Å². The standard InChI is InChI=1S/C16H24N2OS2/c1-3-18(4-2)11-13-6-5-7-14(10-13)17-16(19)15-12-20-8-9-21-15/h5-7,10,15H,3-4,8-9,11-12H2,1-2H3,(H,17,19)/t15-/m0/s1. The van der Waals surface area contributed by atoms with E-state index >= 15 is 0 Å². The van der Waals surface area contributed by atoms with E-state index in [0.717, 1.165) is 42.6 Å². The topological polar surface area (TPSA) is 32.3 Å². The lowest BCUT2D eigenvalue weighted by Crippen LogP contribution is -2.30. The number of rotatable bonds is 6. The minimum absolute atomic E-state index is 0.0928. The first-order valence-corrected chi connectivity index (χ1v) is 9.74. The molecule has 0 aromatic heterocycles. The van der Waals surface area contributed by atoms with Crippen molar-refractivity contribution >= 4 is 35.1 Å². The number of benzene rings is 1. The second-order valence-corrected chi connectivity index (χ2v) is 7.55. The second kappa shape index (κ2) is 8.71. The molecule has 0 radical (unpaired) electrons. The summed E-state index contributed by atoms with van der Waals surface area (Å²) in [5.74, 6) is 3.31. The number of anilines is 1. The molecule has 1 heterocycles. The molecule has 116 valence electrons. The Morgan fingerprint density at radius 2 is 2.14 bits per heavy atom. The average molecular weight is 325 g/mol. The lowest BCUT2D eigenvalue weighted by Gasteiger charge is -2.21. The fourth-order valence-electron chi connectivity index (χ4n) is 2.31. The predicted molar refractivity (Wildman–Crippen MR) is 95.3 cm³/mol. The Morgan fingerprint density at radius 3 is 2.81 bits per heavy atom. The maximum absolute atomic E-state index is 12.3. The first-order chi connectivity index (χ1) is 10.2. The average Bonchev–Trinajstić information content (AvgIpc) is 2.53. The number of amides is 1. The Labute approximate surface area is 136 Å². The van der Waals surface area contributed by atoms with Gasteiger partial charge in [0.25, 0.3) is 0 Å². The smallest absolute Gasteiger partial charge is 0.238 e. The zero-order valence-corrected chi connectivity index (χ0v) is 14.4. The minimum Gasteiger partial charge on any atom is -0.325 e. The van der Waals surface area contributed by atoms with Gasteiger partial charge in [-0.1, -0.05) is 26.0 Å². The highest BCUT2D eigenvalue weighted by molar-refractivity contribution is 8.07. The number of hydrogen-bond donors (Lipinski definition) is 1. The fourth-order valence-corrected chi connectivity index (χ4v) is 4.87. The van der Waals surface area contributed by atoms with Crippen LogP contribution >= 0.6 is 23.5 Å². The zero-order valence-electron chi connectivity index (χ0n) is 12.8. The fraction of sp³-hybridized carbons (Fsp3) is 0.562. The quantitative estimate of drug-likeness (QED) is 0.870. The molecule has 1 saturated heterocycles. The Hall–Kier alpha value is -0.650. The van der Waals surface area contributed by atoms with Gasteiger partial charge in [-0.3, -0.25) is 9.69 Å². The maximum atomic E-state index is 12.3. The summed E-state index contributed by atoms with van der Waals surface area (Å²) in [6.07, 6.45) is 0. The summed E-state index contributed by atoms with van der Waals surface area (Å²) in [6.45, 7) is 7.37. The highest BCUT2D eigenvalue weighted by Crippen LogP contribution is 2.25. The van der Waals surface area contributed by atoms with Crippen LogP contribution in [0.3, 0.4) is 0 Å². The van der Waals surface area contributed by atoms with Crippen LogP contribution in [0.1, 0.15) is 19.4 Å². The van der Waals surface area contributed by atoms with Gasteiger partial charge in [-0.15, -0.1) is 11.8 Å². The monoisotopic (exact) mass is 324 g/mol. The van der Waals surface area contributed by atoms with Gasteiger partial charge in [-0.05, 0) is 30.8 Å². The summed E-state index contributed by atoms with van der Waals surface area (Å²) in [7, 11) is 0. The highest BCUT2D eigenvalue weighted by atomic mass is 32.2. The third-order valence-corrected chi connectivity index (χ3v) is 6.36. The zero-order chi connectivity index (χ0) is 15.1. The molecular formula is C16H24N2OS2. The molecule has 1 N–H and O–H groups in total. The van der Waals surface area contributed by atoms with Crippen LogP contribution in [0.5, 0.6) is 0 Å². The van der Waals surface area contributed by atoms with E-state index in [0.29, 0.717) is 0 Å². The van der Waals surface area contributed by atoms with E-state index < -0.39 is 0 Å². The van der Waals surface area contributed by atoms with Crippen LogP contribution in [-0.2, 0) is 11.3 Å². The normalized spacial score (nSPS) is 18.7. The molecule has 1 atom stereocenters. The van der Waals surface area contributed by atoms with E-state index in [2.05, 4.69) is 36.2 Å². The van der Waals surface area contributed by atoms with Crippen LogP contribution in [0.2, 0.25) is 0 Å². The molecule has 1 aromatic carbocycles. The number of nitrogens with one attached hydrogen (secondary N) is 1. The van der Waals surface area contributed by atoms with Gasteiger partial charge in [0.2, 0.25) is 5.91 Å². The number of thioether (sulfide) groups is 2. The van der Waals surface area contributed by atoms with E-state index in [4.69, 9.17) is 0 Å². The van der Waals surface area contributed by atoms with Crippen molar-refractivity contribution in [1.29, 1.82) is 0 Å². The van der Waals surface area contributed by atoms with Crippen LogP contribution < -0.4 is 5.32 Å². The molecule has 0 unspecified atom stereocenters. The van der Waals surface area contributed by atoms with Gasteiger partial charge >= 0.3 is 0 Å². The summed E-state index contributed by atoms with van der Waals surface area (Å²) in [5.41, 5.74) is 2.17. The minimum atomic E-state index is 0.0928. The number of hydrogen-bond acceptors (Lipinski definition) is 4. The Morgan fingerprint density at radius 1 is 1.33 bits per heavy atom. The van der Waals surface area contributed by atoms with Gasteiger partial charge in [0, 0.05) is 29.5 Å². The van der Waals surface area contributed by atoms with Crippen molar-refractivity contribution in [3.8, 4) is 0 Å². The SMILES string of the molecule is CCN(CC)Cc1cccc(NC(=O)[C@@H]2CSCCS2)c1. The van der Waals surface area contributed by atoms with E-state index in [1.54, 1.807) is 11.8 Å². The van der Waals surface area contributed by atoms with E-state index in [1.807, 2.05) is 23.9 Å². The van der Waals surface area contributed by atoms with Crippen molar-refractivity contribution < 1.29 is 4.79 Å². The second-order valence-electron chi connectivity index (χ2n) is 5.09. The van der Waals surface area contributed by atoms with E-state index in [9.17, 15) is 4.79 Å². The van der Waals surface area contributed by atoms with Crippen molar-refractivity contribution in [2.45, 2.75) is 25.6 Å². The van der Waals surface area contributed by atoms with Crippen LogP contribution in [0.15, 0.2) is 24.3 Å². The largest absolute Gasteiger partial charge is 0.325 e. The first-order valence-electron chi connectivity index (χ1n) is 7.54. The number of nitrogens with zero attached hydrogens (tertiary/aromatic N) is 1. The van der Waals surface area contributed by atoms with Gasteiger partial charge in [0.15, 0.2) is 0 Å². The lowest BCUT2D eigenvalue weighted by atomic mass is 10.2. The third-order valence-electron chi connectivity index (χ3n) is 3.60. The van der Waals surface area contributed by atoms with E-state index in [1.165, 1.54) is 5.56 Å². The molecule has 0 bridgehead atoms. The summed E-state index contributed by atoms with van der Waals surface area (Å²) in [4.78, 5) is 14.6. The maximum Gasteiger partial charge on any atom is 0.238 e. The van der Waals surface area contributed by atoms with Crippen molar-refractivity contribution in [3.63, 3.8) is 0 Å². The summed E-state index contributed by atoms with van der Waals surface area (Å²) < 4.78 is 0. The van der Waals surface area contributed by atoms with Gasteiger partial charge in [0.05, 0.1) is 5.25 Å².